The highest BCUT2D eigenvalue weighted by Gasteiger charge is 2.25. The van der Waals surface area contributed by atoms with Crippen LogP contribution < -0.4 is 19.5 Å². The first-order chi connectivity index (χ1) is 13.4. The first-order valence-corrected chi connectivity index (χ1v) is 8.77. The number of ether oxygens (including phenoxy) is 3. The van der Waals surface area contributed by atoms with Crippen LogP contribution in [0.25, 0.3) is 0 Å². The Balaban J connectivity index is 2.25. The molecule has 2 aromatic rings. The van der Waals surface area contributed by atoms with E-state index >= 15 is 0 Å². The smallest absolute Gasteiger partial charge is 0.305 e. The molecule has 150 valence electrons. The predicted octanol–water partition coefficient (Wildman–Crippen LogP) is 3.15. The van der Waals surface area contributed by atoms with Crippen molar-refractivity contribution >= 4 is 11.9 Å². The Morgan fingerprint density at radius 2 is 1.57 bits per heavy atom. The van der Waals surface area contributed by atoms with Crippen molar-refractivity contribution in [3.63, 3.8) is 0 Å². The average molecular weight is 387 g/mol. The van der Waals surface area contributed by atoms with Crippen LogP contribution in [-0.4, -0.2) is 38.3 Å². The highest BCUT2D eigenvalue weighted by molar-refractivity contribution is 5.84. The van der Waals surface area contributed by atoms with Crippen LogP contribution >= 0.6 is 0 Å². The summed E-state index contributed by atoms with van der Waals surface area (Å²) in [5.41, 5.74) is 1.37. The number of hydrogen-bond acceptors (Lipinski definition) is 5. The molecule has 0 aromatic heterocycles. The van der Waals surface area contributed by atoms with Gasteiger partial charge < -0.3 is 24.6 Å². The Labute approximate surface area is 164 Å². The molecule has 2 atom stereocenters. The second kappa shape index (κ2) is 9.64. The molecule has 0 aliphatic heterocycles. The number of carboxylic acid groups (broad SMARTS) is 1. The van der Waals surface area contributed by atoms with Gasteiger partial charge in [-0.25, -0.2) is 0 Å². The van der Waals surface area contributed by atoms with Gasteiger partial charge in [0.05, 0.1) is 39.7 Å². The lowest BCUT2D eigenvalue weighted by Gasteiger charge is -2.22. The molecule has 2 unspecified atom stereocenters. The van der Waals surface area contributed by atoms with Crippen LogP contribution in [0.1, 0.15) is 36.4 Å². The normalized spacial score (nSPS) is 12.6. The lowest BCUT2D eigenvalue weighted by molar-refractivity contribution is -0.137. The molecule has 2 aromatic carbocycles. The molecule has 2 N–H and O–H groups in total. The standard InChI is InChI=1S/C21H25NO6/c1-13(14-5-7-15(26-2)8-6-14)21(25)22-18(12-20(23)24)17-10-9-16(27-3)11-19(17)28-4/h5-11,13,18H,12H2,1-4H3,(H,22,25)(H,23,24). The van der Waals surface area contributed by atoms with Crippen LogP contribution in [0.3, 0.4) is 0 Å². The number of aliphatic carboxylic acids is 1. The molecule has 0 fully saturated rings. The van der Waals surface area contributed by atoms with Crippen molar-refractivity contribution in [1.29, 1.82) is 0 Å². The zero-order chi connectivity index (χ0) is 20.7. The lowest BCUT2D eigenvalue weighted by Crippen LogP contribution is -2.33. The number of rotatable bonds is 9. The van der Waals surface area contributed by atoms with E-state index in [1.54, 1.807) is 44.4 Å². The molecular weight excluding hydrogens is 362 g/mol. The zero-order valence-electron chi connectivity index (χ0n) is 16.4. The van der Waals surface area contributed by atoms with Crippen LogP contribution in [0, 0.1) is 0 Å². The minimum absolute atomic E-state index is 0.274. The second-order valence-corrected chi connectivity index (χ2v) is 6.26. The first kappa shape index (κ1) is 21.1. The van der Waals surface area contributed by atoms with Crippen LogP contribution in [0.4, 0.5) is 0 Å². The number of amides is 1. The minimum Gasteiger partial charge on any atom is -0.497 e. The van der Waals surface area contributed by atoms with Crippen LogP contribution in [0.2, 0.25) is 0 Å². The summed E-state index contributed by atoms with van der Waals surface area (Å²) in [7, 11) is 4.59. The molecule has 7 nitrogen and oxygen atoms in total. The van der Waals surface area contributed by atoms with E-state index < -0.39 is 17.9 Å². The Bertz CT molecular complexity index is 818. The molecule has 7 heteroatoms. The lowest BCUT2D eigenvalue weighted by atomic mass is 9.97. The first-order valence-electron chi connectivity index (χ1n) is 8.77. The number of carboxylic acids is 1. The van der Waals surface area contributed by atoms with Crippen LogP contribution in [0.15, 0.2) is 42.5 Å². The van der Waals surface area contributed by atoms with Crippen molar-refractivity contribution in [2.75, 3.05) is 21.3 Å². The van der Waals surface area contributed by atoms with Gasteiger partial charge in [0, 0.05) is 11.6 Å². The number of hydrogen-bond donors (Lipinski definition) is 2. The van der Waals surface area contributed by atoms with Gasteiger partial charge in [-0.05, 0) is 36.8 Å². The highest BCUT2D eigenvalue weighted by Crippen LogP contribution is 2.32. The molecule has 0 bridgehead atoms. The Morgan fingerprint density at radius 1 is 0.964 bits per heavy atom. The summed E-state index contributed by atoms with van der Waals surface area (Å²) < 4.78 is 15.7. The number of methoxy groups -OCH3 is 3. The maximum atomic E-state index is 12.8. The minimum atomic E-state index is -1.03. The summed E-state index contributed by atoms with van der Waals surface area (Å²) in [5, 5.41) is 12.1. The van der Waals surface area contributed by atoms with E-state index in [0.717, 1.165) is 5.56 Å². The summed E-state index contributed by atoms with van der Waals surface area (Å²) in [6.07, 6.45) is -0.274. The van der Waals surface area contributed by atoms with Gasteiger partial charge in [-0.2, -0.15) is 0 Å². The summed E-state index contributed by atoms with van der Waals surface area (Å²) in [6.45, 7) is 1.76. The SMILES string of the molecule is COc1ccc(C(C)C(=O)NC(CC(=O)O)c2ccc(OC)cc2OC)cc1. The molecule has 0 saturated heterocycles. The van der Waals surface area contributed by atoms with Gasteiger partial charge in [-0.15, -0.1) is 0 Å². The number of benzene rings is 2. The number of carbonyl (C=O) groups is 2. The molecule has 0 saturated carbocycles. The third-order valence-electron chi connectivity index (χ3n) is 4.52. The molecule has 0 heterocycles. The van der Waals surface area contributed by atoms with E-state index in [1.165, 1.54) is 14.2 Å². The summed E-state index contributed by atoms with van der Waals surface area (Å²) >= 11 is 0. The predicted molar refractivity (Wildman–Crippen MR) is 104 cm³/mol. The molecule has 0 aliphatic rings. The van der Waals surface area contributed by atoms with Gasteiger partial charge in [-0.3, -0.25) is 9.59 Å². The second-order valence-electron chi connectivity index (χ2n) is 6.26. The number of nitrogens with one attached hydrogen (secondary N) is 1. The molecule has 0 radical (unpaired) electrons. The van der Waals surface area contributed by atoms with Crippen molar-refractivity contribution < 1.29 is 28.9 Å². The largest absolute Gasteiger partial charge is 0.497 e. The third kappa shape index (κ3) is 5.16. The fourth-order valence-electron chi connectivity index (χ4n) is 2.86. The van der Waals surface area contributed by atoms with Crippen molar-refractivity contribution in [1.82, 2.24) is 5.32 Å². The van der Waals surface area contributed by atoms with Gasteiger partial charge in [-0.1, -0.05) is 12.1 Å². The molecule has 0 aliphatic carbocycles. The van der Waals surface area contributed by atoms with Gasteiger partial charge in [0.25, 0.3) is 0 Å². The van der Waals surface area contributed by atoms with E-state index in [9.17, 15) is 14.7 Å². The van der Waals surface area contributed by atoms with Crippen molar-refractivity contribution in [2.24, 2.45) is 0 Å². The summed E-state index contributed by atoms with van der Waals surface area (Å²) in [6, 6.07) is 11.5. The van der Waals surface area contributed by atoms with Crippen molar-refractivity contribution in [3.8, 4) is 17.2 Å². The van der Waals surface area contributed by atoms with E-state index in [1.807, 2.05) is 12.1 Å². The average Bonchev–Trinajstić information content (AvgIpc) is 2.71. The fraction of sp³-hybridized carbons (Fsp3) is 0.333. The highest BCUT2D eigenvalue weighted by atomic mass is 16.5. The zero-order valence-corrected chi connectivity index (χ0v) is 16.4. The van der Waals surface area contributed by atoms with E-state index in [2.05, 4.69) is 5.32 Å². The maximum Gasteiger partial charge on any atom is 0.305 e. The van der Waals surface area contributed by atoms with Crippen molar-refractivity contribution in [2.45, 2.75) is 25.3 Å². The fourth-order valence-corrected chi connectivity index (χ4v) is 2.86. The van der Waals surface area contributed by atoms with Crippen molar-refractivity contribution in [3.05, 3.63) is 53.6 Å². The third-order valence-corrected chi connectivity index (χ3v) is 4.52. The number of carbonyl (C=O) groups excluding carboxylic acids is 1. The maximum absolute atomic E-state index is 12.8. The van der Waals surface area contributed by atoms with Gasteiger partial charge in [0.2, 0.25) is 5.91 Å². The Kier molecular flexibility index (Phi) is 7.26. The monoisotopic (exact) mass is 387 g/mol. The van der Waals surface area contributed by atoms with Crippen LogP contribution in [-0.2, 0) is 9.59 Å². The Morgan fingerprint density at radius 3 is 2.11 bits per heavy atom. The van der Waals surface area contributed by atoms with Gasteiger partial charge in [0.15, 0.2) is 0 Å². The van der Waals surface area contributed by atoms with Gasteiger partial charge >= 0.3 is 5.97 Å². The Hall–Kier alpha value is -3.22. The molecular formula is C21H25NO6. The van der Waals surface area contributed by atoms with E-state index in [0.29, 0.717) is 22.8 Å². The quantitative estimate of drug-likeness (QED) is 0.686. The molecule has 28 heavy (non-hydrogen) atoms. The van der Waals surface area contributed by atoms with Gasteiger partial charge in [0.1, 0.15) is 17.2 Å². The van der Waals surface area contributed by atoms with E-state index in [4.69, 9.17) is 14.2 Å². The molecule has 2 rings (SSSR count). The molecule has 0 spiro atoms. The summed E-state index contributed by atoms with van der Waals surface area (Å²) in [5.74, 6) is -0.0558. The van der Waals surface area contributed by atoms with E-state index in [-0.39, 0.29) is 12.3 Å². The van der Waals surface area contributed by atoms with Crippen LogP contribution in [0.5, 0.6) is 17.2 Å². The summed E-state index contributed by atoms with van der Waals surface area (Å²) in [4.78, 5) is 24.2. The topological polar surface area (TPSA) is 94.1 Å². The molecule has 1 amide bonds.